The van der Waals surface area contributed by atoms with Gasteiger partial charge in [-0.25, -0.2) is 4.98 Å². The van der Waals surface area contributed by atoms with Crippen molar-refractivity contribution >= 4 is 5.97 Å². The molecule has 0 spiro atoms. The number of hydrogen-bond acceptors (Lipinski definition) is 4. The van der Waals surface area contributed by atoms with Crippen LogP contribution in [0.1, 0.15) is 48.0 Å². The van der Waals surface area contributed by atoms with Crippen molar-refractivity contribution in [2.75, 3.05) is 0 Å². The lowest BCUT2D eigenvalue weighted by molar-refractivity contribution is -0.137. The molecule has 0 atom stereocenters. The van der Waals surface area contributed by atoms with Gasteiger partial charge in [0, 0.05) is 12.0 Å². The predicted molar refractivity (Wildman–Crippen MR) is 119 cm³/mol. The molecule has 158 valence electrons. The minimum absolute atomic E-state index is 0.300. The van der Waals surface area contributed by atoms with E-state index in [1.54, 1.807) is 13.0 Å². The number of nitriles is 1. The van der Waals surface area contributed by atoms with Crippen molar-refractivity contribution in [2.24, 2.45) is 0 Å². The maximum atomic E-state index is 13.2. The third-order valence-corrected chi connectivity index (χ3v) is 5.27. The van der Waals surface area contributed by atoms with E-state index in [4.69, 9.17) is 0 Å². The fourth-order valence-electron chi connectivity index (χ4n) is 3.67. The number of aromatic nitrogens is 2. The van der Waals surface area contributed by atoms with Crippen LogP contribution < -0.4 is 5.56 Å². The zero-order chi connectivity index (χ0) is 22.4. The summed E-state index contributed by atoms with van der Waals surface area (Å²) in [5.74, 6) is -0.683. The van der Waals surface area contributed by atoms with E-state index in [2.05, 4.69) is 18.0 Å². The number of rotatable bonds is 8. The van der Waals surface area contributed by atoms with E-state index in [0.29, 0.717) is 35.5 Å². The van der Waals surface area contributed by atoms with Gasteiger partial charge in [0.1, 0.15) is 12.4 Å². The lowest BCUT2D eigenvalue weighted by Gasteiger charge is -2.15. The average Bonchev–Trinajstić information content (AvgIpc) is 2.77. The normalized spacial score (nSPS) is 10.6. The van der Waals surface area contributed by atoms with E-state index in [0.717, 1.165) is 29.5 Å². The minimum atomic E-state index is -1.08. The van der Waals surface area contributed by atoms with Gasteiger partial charge in [0.05, 0.1) is 17.3 Å². The summed E-state index contributed by atoms with van der Waals surface area (Å²) >= 11 is 0. The highest BCUT2D eigenvalue weighted by molar-refractivity contribution is 5.71. The van der Waals surface area contributed by atoms with E-state index >= 15 is 0 Å². The first-order valence-electron chi connectivity index (χ1n) is 10.3. The van der Waals surface area contributed by atoms with Gasteiger partial charge in [-0.05, 0) is 42.5 Å². The second-order valence-electron chi connectivity index (χ2n) is 7.51. The van der Waals surface area contributed by atoms with Crippen LogP contribution in [0.15, 0.2) is 53.3 Å². The van der Waals surface area contributed by atoms with E-state index in [-0.39, 0.29) is 5.56 Å². The van der Waals surface area contributed by atoms with E-state index < -0.39 is 12.5 Å². The first-order chi connectivity index (χ1) is 14.9. The second kappa shape index (κ2) is 9.86. The summed E-state index contributed by atoms with van der Waals surface area (Å²) in [5, 5.41) is 18.9. The molecule has 0 aliphatic rings. The fourth-order valence-corrected chi connectivity index (χ4v) is 3.67. The molecule has 2 aromatic carbocycles. The number of aryl methyl sites for hydroxylation is 2. The van der Waals surface area contributed by atoms with Crippen molar-refractivity contribution in [2.45, 2.75) is 46.1 Å². The third-order valence-electron chi connectivity index (χ3n) is 5.27. The van der Waals surface area contributed by atoms with Crippen LogP contribution in [0.25, 0.3) is 11.1 Å². The van der Waals surface area contributed by atoms with Gasteiger partial charge in [-0.1, -0.05) is 55.8 Å². The van der Waals surface area contributed by atoms with Crippen molar-refractivity contribution in [1.29, 1.82) is 5.26 Å². The lowest BCUT2D eigenvalue weighted by Crippen LogP contribution is -2.31. The molecular formula is C25H25N3O3. The first kappa shape index (κ1) is 22.0. The maximum Gasteiger partial charge on any atom is 0.323 e. The van der Waals surface area contributed by atoms with Gasteiger partial charge < -0.3 is 5.11 Å². The summed E-state index contributed by atoms with van der Waals surface area (Å²) in [6.45, 7) is 3.31. The minimum Gasteiger partial charge on any atom is -0.480 e. The molecule has 0 aliphatic carbocycles. The highest BCUT2D eigenvalue weighted by Gasteiger charge is 2.17. The van der Waals surface area contributed by atoms with Crippen LogP contribution in [-0.2, 0) is 24.2 Å². The molecule has 0 unspecified atom stereocenters. The Labute approximate surface area is 181 Å². The Hall–Kier alpha value is -3.72. The molecule has 0 fully saturated rings. The predicted octanol–water partition coefficient (Wildman–Crippen LogP) is 4.11. The summed E-state index contributed by atoms with van der Waals surface area (Å²) in [7, 11) is 0. The SMILES string of the molecule is CCCCc1nc(C)n(CC(=O)O)c(=O)c1Cc1ccc(-c2ccccc2)c(C#N)c1. The molecule has 0 saturated carbocycles. The molecule has 0 amide bonds. The van der Waals surface area contributed by atoms with Gasteiger partial charge in [-0.2, -0.15) is 5.26 Å². The van der Waals surface area contributed by atoms with Crippen LogP contribution in [0.3, 0.4) is 0 Å². The van der Waals surface area contributed by atoms with E-state index in [1.807, 2.05) is 42.5 Å². The average molecular weight is 415 g/mol. The van der Waals surface area contributed by atoms with Gasteiger partial charge in [0.15, 0.2) is 0 Å². The molecule has 6 nitrogen and oxygen atoms in total. The summed E-state index contributed by atoms with van der Waals surface area (Å²) in [6, 6.07) is 17.5. The molecule has 0 bridgehead atoms. The van der Waals surface area contributed by atoms with E-state index in [9.17, 15) is 20.0 Å². The Kier molecular flexibility index (Phi) is 6.99. The molecule has 31 heavy (non-hydrogen) atoms. The summed E-state index contributed by atoms with van der Waals surface area (Å²) < 4.78 is 1.21. The number of unbranched alkanes of at least 4 members (excludes halogenated alkanes) is 1. The van der Waals surface area contributed by atoms with Crippen molar-refractivity contribution < 1.29 is 9.90 Å². The van der Waals surface area contributed by atoms with Crippen LogP contribution in [0.2, 0.25) is 0 Å². The highest BCUT2D eigenvalue weighted by atomic mass is 16.4. The quantitative estimate of drug-likeness (QED) is 0.597. The number of nitrogens with zero attached hydrogens (tertiary/aromatic N) is 3. The van der Waals surface area contributed by atoms with Gasteiger partial charge in [0.25, 0.3) is 5.56 Å². The smallest absolute Gasteiger partial charge is 0.323 e. The molecule has 6 heteroatoms. The van der Waals surface area contributed by atoms with Crippen LogP contribution >= 0.6 is 0 Å². The standard InChI is InChI=1S/C25H25N3O3/c1-3-4-10-23-22(25(31)28(16-24(29)30)17(2)27-23)14-18-11-12-21(20(13-18)15-26)19-8-6-5-7-9-19/h5-9,11-13H,3-4,10,14,16H2,1-2H3,(H,29,30). The number of carboxylic acids is 1. The molecule has 1 heterocycles. The van der Waals surface area contributed by atoms with Crippen LogP contribution in [0.5, 0.6) is 0 Å². The Morgan fingerprint density at radius 2 is 1.94 bits per heavy atom. The Bertz CT molecular complexity index is 1190. The number of aliphatic carboxylic acids is 1. The molecule has 0 radical (unpaired) electrons. The second-order valence-corrected chi connectivity index (χ2v) is 7.51. The monoisotopic (exact) mass is 415 g/mol. The summed E-state index contributed by atoms with van der Waals surface area (Å²) in [6.07, 6.45) is 2.80. The first-order valence-corrected chi connectivity index (χ1v) is 10.3. The maximum absolute atomic E-state index is 13.2. The van der Waals surface area contributed by atoms with Crippen molar-refractivity contribution in [3.8, 4) is 17.2 Å². The van der Waals surface area contributed by atoms with E-state index in [1.165, 1.54) is 4.57 Å². The summed E-state index contributed by atoms with van der Waals surface area (Å²) in [4.78, 5) is 28.9. The number of hydrogen-bond donors (Lipinski definition) is 1. The molecule has 0 aliphatic heterocycles. The molecule has 1 aromatic heterocycles. The molecule has 3 rings (SSSR count). The number of benzene rings is 2. The van der Waals surface area contributed by atoms with Crippen LogP contribution in [0, 0.1) is 18.3 Å². The third kappa shape index (κ3) is 5.07. The highest BCUT2D eigenvalue weighted by Crippen LogP contribution is 2.25. The zero-order valence-electron chi connectivity index (χ0n) is 17.8. The largest absolute Gasteiger partial charge is 0.480 e. The molecule has 0 saturated heterocycles. The van der Waals surface area contributed by atoms with Gasteiger partial charge in [-0.15, -0.1) is 0 Å². The Morgan fingerprint density at radius 1 is 1.19 bits per heavy atom. The fraction of sp³-hybridized carbons (Fsp3) is 0.280. The summed E-state index contributed by atoms with van der Waals surface area (Å²) in [5.41, 5.74) is 4.02. The topological polar surface area (TPSA) is 96.0 Å². The molecule has 3 aromatic rings. The number of carbonyl (C=O) groups is 1. The van der Waals surface area contributed by atoms with Gasteiger partial charge >= 0.3 is 5.97 Å². The number of carboxylic acid groups (broad SMARTS) is 1. The van der Waals surface area contributed by atoms with Crippen molar-refractivity contribution in [3.63, 3.8) is 0 Å². The Morgan fingerprint density at radius 3 is 2.58 bits per heavy atom. The molecule has 1 N–H and O–H groups in total. The van der Waals surface area contributed by atoms with Crippen LogP contribution in [-0.4, -0.2) is 20.6 Å². The lowest BCUT2D eigenvalue weighted by atomic mass is 9.95. The Balaban J connectivity index is 2.05. The van der Waals surface area contributed by atoms with Crippen LogP contribution in [0.4, 0.5) is 0 Å². The van der Waals surface area contributed by atoms with Gasteiger partial charge in [-0.3, -0.25) is 14.2 Å². The zero-order valence-corrected chi connectivity index (χ0v) is 17.8. The van der Waals surface area contributed by atoms with Gasteiger partial charge in [0.2, 0.25) is 0 Å². The van der Waals surface area contributed by atoms with Crippen molar-refractivity contribution in [1.82, 2.24) is 9.55 Å². The van der Waals surface area contributed by atoms with Crippen molar-refractivity contribution in [3.05, 3.63) is 87.1 Å². The molecular weight excluding hydrogens is 390 g/mol.